The van der Waals surface area contributed by atoms with Crippen molar-refractivity contribution >= 4 is 0 Å². The summed E-state index contributed by atoms with van der Waals surface area (Å²) in [5.41, 5.74) is 4.30. The Labute approximate surface area is 130 Å². The standard InChI is InChI=1S/C19H32N2/c1-5-11-21(14-18-7-6-10-20-13-18)17(4)19-9-8-15(2)12-16(19)3/h8-9,12,17-18,20H,5-7,10-11,13-14H2,1-4H3. The molecule has 2 rings (SSSR count). The van der Waals surface area contributed by atoms with Crippen LogP contribution < -0.4 is 5.32 Å². The highest BCUT2D eigenvalue weighted by molar-refractivity contribution is 5.32. The van der Waals surface area contributed by atoms with Crippen molar-refractivity contribution in [3.8, 4) is 0 Å². The van der Waals surface area contributed by atoms with Crippen LogP contribution in [0.3, 0.4) is 0 Å². The van der Waals surface area contributed by atoms with Crippen molar-refractivity contribution < 1.29 is 0 Å². The van der Waals surface area contributed by atoms with Gasteiger partial charge in [-0.05, 0) is 76.7 Å². The molecule has 1 aromatic rings. The molecule has 118 valence electrons. The third kappa shape index (κ3) is 4.55. The Morgan fingerprint density at radius 2 is 2.14 bits per heavy atom. The predicted molar refractivity (Wildman–Crippen MR) is 91.8 cm³/mol. The van der Waals surface area contributed by atoms with Crippen LogP contribution in [0.15, 0.2) is 18.2 Å². The van der Waals surface area contributed by atoms with Crippen LogP contribution in [0.1, 0.15) is 55.8 Å². The quantitative estimate of drug-likeness (QED) is 0.848. The van der Waals surface area contributed by atoms with Gasteiger partial charge in [0.15, 0.2) is 0 Å². The first-order chi connectivity index (χ1) is 10.1. The Morgan fingerprint density at radius 1 is 1.33 bits per heavy atom. The van der Waals surface area contributed by atoms with Gasteiger partial charge < -0.3 is 5.32 Å². The molecule has 0 spiro atoms. The summed E-state index contributed by atoms with van der Waals surface area (Å²) in [5.74, 6) is 0.818. The first-order valence-corrected chi connectivity index (χ1v) is 8.63. The second-order valence-electron chi connectivity index (χ2n) is 6.74. The molecule has 0 saturated carbocycles. The van der Waals surface area contributed by atoms with Crippen LogP contribution in [-0.4, -0.2) is 31.1 Å². The largest absolute Gasteiger partial charge is 0.316 e. The monoisotopic (exact) mass is 288 g/mol. The minimum Gasteiger partial charge on any atom is -0.316 e. The topological polar surface area (TPSA) is 15.3 Å². The molecule has 2 unspecified atom stereocenters. The Balaban J connectivity index is 2.08. The van der Waals surface area contributed by atoms with Crippen molar-refractivity contribution in [2.45, 2.75) is 53.0 Å². The zero-order chi connectivity index (χ0) is 15.2. The van der Waals surface area contributed by atoms with Crippen LogP contribution in [0.4, 0.5) is 0 Å². The summed E-state index contributed by atoms with van der Waals surface area (Å²) >= 11 is 0. The summed E-state index contributed by atoms with van der Waals surface area (Å²) in [4.78, 5) is 2.69. The second kappa shape index (κ2) is 7.95. The highest BCUT2D eigenvalue weighted by Gasteiger charge is 2.22. The lowest BCUT2D eigenvalue weighted by Gasteiger charge is -2.35. The molecule has 1 aromatic carbocycles. The van der Waals surface area contributed by atoms with Crippen LogP contribution >= 0.6 is 0 Å². The van der Waals surface area contributed by atoms with Gasteiger partial charge in [-0.15, -0.1) is 0 Å². The molecule has 21 heavy (non-hydrogen) atoms. The van der Waals surface area contributed by atoms with Gasteiger partial charge in [0, 0.05) is 12.6 Å². The maximum absolute atomic E-state index is 3.55. The van der Waals surface area contributed by atoms with Crippen molar-refractivity contribution in [3.63, 3.8) is 0 Å². The molecule has 0 amide bonds. The summed E-state index contributed by atoms with van der Waals surface area (Å²) in [5, 5.41) is 3.55. The van der Waals surface area contributed by atoms with Gasteiger partial charge in [-0.1, -0.05) is 30.7 Å². The Hall–Kier alpha value is -0.860. The predicted octanol–water partition coefficient (Wildman–Crippen LogP) is 4.08. The lowest BCUT2D eigenvalue weighted by Crippen LogP contribution is -2.39. The number of benzene rings is 1. The van der Waals surface area contributed by atoms with Gasteiger partial charge in [-0.25, -0.2) is 0 Å². The van der Waals surface area contributed by atoms with E-state index < -0.39 is 0 Å². The van der Waals surface area contributed by atoms with E-state index in [0.29, 0.717) is 6.04 Å². The fourth-order valence-electron chi connectivity index (χ4n) is 3.63. The van der Waals surface area contributed by atoms with E-state index in [0.717, 1.165) is 5.92 Å². The summed E-state index contributed by atoms with van der Waals surface area (Å²) in [6.45, 7) is 13.9. The molecule has 0 bridgehead atoms. The van der Waals surface area contributed by atoms with Crippen LogP contribution in [0.25, 0.3) is 0 Å². The molecular formula is C19H32N2. The van der Waals surface area contributed by atoms with Gasteiger partial charge in [0.25, 0.3) is 0 Å². The zero-order valence-electron chi connectivity index (χ0n) is 14.3. The number of piperidine rings is 1. The number of rotatable bonds is 6. The molecule has 2 nitrogen and oxygen atoms in total. The number of nitrogens with one attached hydrogen (secondary N) is 1. The van der Waals surface area contributed by atoms with E-state index in [-0.39, 0.29) is 0 Å². The minimum atomic E-state index is 0.521. The Bertz CT molecular complexity index is 435. The molecule has 2 atom stereocenters. The van der Waals surface area contributed by atoms with E-state index in [1.807, 2.05) is 0 Å². The average Bonchev–Trinajstić information content (AvgIpc) is 2.47. The van der Waals surface area contributed by atoms with Gasteiger partial charge in [-0.2, -0.15) is 0 Å². The summed E-state index contributed by atoms with van der Waals surface area (Å²) in [6, 6.07) is 7.42. The van der Waals surface area contributed by atoms with E-state index >= 15 is 0 Å². The van der Waals surface area contributed by atoms with Crippen molar-refractivity contribution in [3.05, 3.63) is 34.9 Å². The SMILES string of the molecule is CCCN(CC1CCCNC1)C(C)c1ccc(C)cc1C. The van der Waals surface area contributed by atoms with E-state index in [9.17, 15) is 0 Å². The Kier molecular flexibility index (Phi) is 6.25. The fourth-order valence-corrected chi connectivity index (χ4v) is 3.63. The van der Waals surface area contributed by atoms with E-state index in [4.69, 9.17) is 0 Å². The number of hydrogen-bond acceptors (Lipinski definition) is 2. The van der Waals surface area contributed by atoms with Crippen molar-refractivity contribution in [1.82, 2.24) is 10.2 Å². The smallest absolute Gasteiger partial charge is 0.0322 e. The lowest BCUT2D eigenvalue weighted by atomic mass is 9.95. The van der Waals surface area contributed by atoms with Crippen molar-refractivity contribution in [2.24, 2.45) is 5.92 Å². The van der Waals surface area contributed by atoms with Gasteiger partial charge in [0.2, 0.25) is 0 Å². The van der Waals surface area contributed by atoms with Crippen molar-refractivity contribution in [1.29, 1.82) is 0 Å². The van der Waals surface area contributed by atoms with Crippen molar-refractivity contribution in [2.75, 3.05) is 26.2 Å². The fraction of sp³-hybridized carbons (Fsp3) is 0.684. The average molecular weight is 288 g/mol. The molecule has 0 aromatic heterocycles. The zero-order valence-corrected chi connectivity index (χ0v) is 14.3. The molecule has 0 radical (unpaired) electrons. The Morgan fingerprint density at radius 3 is 2.76 bits per heavy atom. The summed E-state index contributed by atoms with van der Waals surface area (Å²) in [7, 11) is 0. The van der Waals surface area contributed by atoms with Crippen LogP contribution in [0.2, 0.25) is 0 Å². The maximum Gasteiger partial charge on any atom is 0.0322 e. The second-order valence-corrected chi connectivity index (χ2v) is 6.74. The number of nitrogens with zero attached hydrogens (tertiary/aromatic N) is 1. The molecule has 1 aliphatic rings. The van der Waals surface area contributed by atoms with Gasteiger partial charge in [-0.3, -0.25) is 4.90 Å². The molecule has 1 aliphatic heterocycles. The van der Waals surface area contributed by atoms with Crippen LogP contribution in [-0.2, 0) is 0 Å². The molecule has 1 saturated heterocycles. The summed E-state index contributed by atoms with van der Waals surface area (Å²) < 4.78 is 0. The minimum absolute atomic E-state index is 0.521. The van der Waals surface area contributed by atoms with Gasteiger partial charge in [0.1, 0.15) is 0 Å². The van der Waals surface area contributed by atoms with Gasteiger partial charge >= 0.3 is 0 Å². The van der Waals surface area contributed by atoms with E-state index in [1.165, 1.54) is 62.1 Å². The third-order valence-corrected chi connectivity index (χ3v) is 4.83. The molecule has 1 heterocycles. The third-order valence-electron chi connectivity index (χ3n) is 4.83. The molecule has 1 fully saturated rings. The van der Waals surface area contributed by atoms with Gasteiger partial charge in [0.05, 0.1) is 0 Å². The summed E-state index contributed by atoms with van der Waals surface area (Å²) in [6.07, 6.45) is 3.95. The van der Waals surface area contributed by atoms with E-state index in [2.05, 4.69) is 56.1 Å². The highest BCUT2D eigenvalue weighted by Crippen LogP contribution is 2.26. The first-order valence-electron chi connectivity index (χ1n) is 8.63. The molecular weight excluding hydrogens is 256 g/mol. The lowest BCUT2D eigenvalue weighted by molar-refractivity contribution is 0.162. The maximum atomic E-state index is 3.55. The number of aryl methyl sites for hydroxylation is 2. The molecule has 1 N–H and O–H groups in total. The molecule has 0 aliphatic carbocycles. The molecule has 2 heteroatoms. The van der Waals surface area contributed by atoms with Crippen LogP contribution in [0.5, 0.6) is 0 Å². The highest BCUT2D eigenvalue weighted by atomic mass is 15.2. The normalized spacial score (nSPS) is 20.7. The van der Waals surface area contributed by atoms with E-state index in [1.54, 1.807) is 0 Å². The first kappa shape index (κ1) is 16.5. The number of hydrogen-bond donors (Lipinski definition) is 1. The van der Waals surface area contributed by atoms with Crippen LogP contribution in [0, 0.1) is 19.8 Å².